The molecule has 2 unspecified atom stereocenters. The summed E-state index contributed by atoms with van der Waals surface area (Å²) in [7, 11) is 1.86. The molecule has 4 heteroatoms. The highest BCUT2D eigenvalue weighted by Crippen LogP contribution is 2.32. The minimum absolute atomic E-state index is 0.0596. The number of hydrogen-bond acceptors (Lipinski definition) is 3. The monoisotopic (exact) mass is 186 g/mol. The molecule has 12 heavy (non-hydrogen) atoms. The average Bonchev–Trinajstić information content (AvgIpc) is 2.53. The lowest BCUT2D eigenvalue weighted by molar-refractivity contribution is -0.132. The Hall–Kier alpha value is -0.220. The van der Waals surface area contributed by atoms with Crippen LogP contribution in [0.15, 0.2) is 0 Å². The van der Waals surface area contributed by atoms with Crippen LogP contribution >= 0.6 is 11.8 Å². The third kappa shape index (κ3) is 1.23. The molecule has 0 aromatic rings. The highest BCUT2D eigenvalue weighted by atomic mass is 32.2. The maximum absolute atomic E-state index is 11.7. The van der Waals surface area contributed by atoms with Crippen molar-refractivity contribution in [1.29, 1.82) is 0 Å². The molecule has 0 bridgehead atoms. The SMILES string of the molecule is CNC1CSC2CCCN2C1=O. The van der Waals surface area contributed by atoms with Crippen LogP contribution in [0.2, 0.25) is 0 Å². The molecule has 0 aliphatic carbocycles. The van der Waals surface area contributed by atoms with Gasteiger partial charge in [-0.1, -0.05) is 0 Å². The lowest BCUT2D eigenvalue weighted by atomic mass is 10.3. The van der Waals surface area contributed by atoms with Crippen LogP contribution in [0.3, 0.4) is 0 Å². The molecule has 2 saturated heterocycles. The highest BCUT2D eigenvalue weighted by molar-refractivity contribution is 8.00. The summed E-state index contributed by atoms with van der Waals surface area (Å²) in [5.41, 5.74) is 0. The molecule has 1 N–H and O–H groups in total. The van der Waals surface area contributed by atoms with Crippen molar-refractivity contribution in [3.8, 4) is 0 Å². The van der Waals surface area contributed by atoms with E-state index in [1.165, 1.54) is 12.8 Å². The number of amides is 1. The fourth-order valence-corrected chi connectivity index (χ4v) is 3.29. The van der Waals surface area contributed by atoms with Gasteiger partial charge in [0.2, 0.25) is 5.91 Å². The number of nitrogens with zero attached hydrogens (tertiary/aromatic N) is 1. The van der Waals surface area contributed by atoms with Crippen LogP contribution in [0.25, 0.3) is 0 Å². The standard InChI is InChI=1S/C8H14N2OS/c1-9-6-5-12-7-3-2-4-10(7)8(6)11/h6-7,9H,2-5H2,1H3. The van der Waals surface area contributed by atoms with E-state index in [0.717, 1.165) is 12.3 Å². The Kier molecular flexibility index (Phi) is 2.28. The molecule has 2 rings (SSSR count). The first-order chi connectivity index (χ1) is 5.83. The summed E-state index contributed by atoms with van der Waals surface area (Å²) in [5, 5.41) is 3.54. The zero-order valence-corrected chi connectivity index (χ0v) is 8.06. The molecule has 0 aromatic carbocycles. The minimum Gasteiger partial charge on any atom is -0.329 e. The summed E-state index contributed by atoms with van der Waals surface area (Å²) in [5.74, 6) is 1.25. The van der Waals surface area contributed by atoms with Gasteiger partial charge < -0.3 is 10.2 Å². The Morgan fingerprint density at radius 1 is 1.67 bits per heavy atom. The van der Waals surface area contributed by atoms with E-state index in [9.17, 15) is 4.79 Å². The Morgan fingerprint density at radius 3 is 3.25 bits per heavy atom. The summed E-state index contributed by atoms with van der Waals surface area (Å²) >= 11 is 1.91. The average molecular weight is 186 g/mol. The van der Waals surface area contributed by atoms with Gasteiger partial charge in [0.05, 0.1) is 11.4 Å². The topological polar surface area (TPSA) is 32.3 Å². The van der Waals surface area contributed by atoms with E-state index in [0.29, 0.717) is 11.3 Å². The molecule has 2 aliphatic heterocycles. The maximum atomic E-state index is 11.7. The van der Waals surface area contributed by atoms with Gasteiger partial charge in [-0.2, -0.15) is 0 Å². The van der Waals surface area contributed by atoms with Crippen molar-refractivity contribution in [2.24, 2.45) is 0 Å². The molecule has 0 saturated carbocycles. The first-order valence-electron chi connectivity index (χ1n) is 4.42. The molecule has 1 amide bonds. The van der Waals surface area contributed by atoms with Gasteiger partial charge in [-0.25, -0.2) is 0 Å². The van der Waals surface area contributed by atoms with Crippen molar-refractivity contribution in [1.82, 2.24) is 10.2 Å². The van der Waals surface area contributed by atoms with E-state index in [1.807, 2.05) is 23.7 Å². The molecular weight excluding hydrogens is 172 g/mol. The molecule has 2 atom stereocenters. The van der Waals surface area contributed by atoms with E-state index in [1.54, 1.807) is 0 Å². The first-order valence-corrected chi connectivity index (χ1v) is 5.47. The van der Waals surface area contributed by atoms with Crippen LogP contribution in [-0.2, 0) is 4.79 Å². The Balaban J connectivity index is 2.07. The molecule has 0 radical (unpaired) electrons. The zero-order valence-electron chi connectivity index (χ0n) is 7.25. The number of thioether (sulfide) groups is 1. The molecule has 68 valence electrons. The fraction of sp³-hybridized carbons (Fsp3) is 0.875. The molecule has 0 aromatic heterocycles. The maximum Gasteiger partial charge on any atom is 0.241 e. The molecule has 2 heterocycles. The van der Waals surface area contributed by atoms with Gasteiger partial charge in [0.1, 0.15) is 0 Å². The number of hydrogen-bond donors (Lipinski definition) is 1. The Bertz CT molecular complexity index is 197. The number of carbonyl (C=O) groups is 1. The van der Waals surface area contributed by atoms with Gasteiger partial charge in [0.25, 0.3) is 0 Å². The minimum atomic E-state index is 0.0596. The smallest absolute Gasteiger partial charge is 0.241 e. The van der Waals surface area contributed by atoms with Crippen molar-refractivity contribution in [2.75, 3.05) is 19.3 Å². The molecule has 3 nitrogen and oxygen atoms in total. The molecular formula is C8H14N2OS. The summed E-state index contributed by atoms with van der Waals surface area (Å²) in [6.07, 6.45) is 2.37. The quantitative estimate of drug-likeness (QED) is 0.638. The molecule has 2 fully saturated rings. The van der Waals surface area contributed by atoms with E-state index < -0.39 is 0 Å². The highest BCUT2D eigenvalue weighted by Gasteiger charge is 2.37. The second-order valence-electron chi connectivity index (χ2n) is 3.30. The van der Waals surface area contributed by atoms with Gasteiger partial charge in [-0.15, -0.1) is 11.8 Å². The van der Waals surface area contributed by atoms with Gasteiger partial charge in [0, 0.05) is 12.3 Å². The van der Waals surface area contributed by atoms with Crippen molar-refractivity contribution in [2.45, 2.75) is 24.3 Å². The molecule has 0 spiro atoms. The number of nitrogens with one attached hydrogen (secondary N) is 1. The predicted molar refractivity (Wildman–Crippen MR) is 50.0 cm³/mol. The van der Waals surface area contributed by atoms with Crippen molar-refractivity contribution in [3.05, 3.63) is 0 Å². The number of likely N-dealkylation sites (N-methyl/N-ethyl adjacent to an activating group) is 1. The Labute approximate surface area is 76.9 Å². The summed E-state index contributed by atoms with van der Waals surface area (Å²) in [6, 6.07) is 0.0596. The van der Waals surface area contributed by atoms with Gasteiger partial charge in [-0.05, 0) is 19.9 Å². The largest absolute Gasteiger partial charge is 0.329 e. The van der Waals surface area contributed by atoms with Crippen molar-refractivity contribution in [3.63, 3.8) is 0 Å². The third-order valence-electron chi connectivity index (χ3n) is 2.58. The Morgan fingerprint density at radius 2 is 2.50 bits per heavy atom. The number of fused-ring (bicyclic) bond motifs is 1. The van der Waals surface area contributed by atoms with Crippen LogP contribution in [0, 0.1) is 0 Å². The summed E-state index contributed by atoms with van der Waals surface area (Å²) < 4.78 is 0. The van der Waals surface area contributed by atoms with E-state index in [4.69, 9.17) is 0 Å². The van der Waals surface area contributed by atoms with Gasteiger partial charge in [0.15, 0.2) is 0 Å². The van der Waals surface area contributed by atoms with E-state index in [2.05, 4.69) is 5.32 Å². The normalized spacial score (nSPS) is 35.4. The van der Waals surface area contributed by atoms with Crippen LogP contribution < -0.4 is 5.32 Å². The van der Waals surface area contributed by atoms with Crippen LogP contribution in [0.1, 0.15) is 12.8 Å². The lowest BCUT2D eigenvalue weighted by Crippen LogP contribution is -2.51. The summed E-state index contributed by atoms with van der Waals surface area (Å²) in [4.78, 5) is 13.7. The predicted octanol–water partition coefficient (Wildman–Crippen LogP) is 0.270. The van der Waals surface area contributed by atoms with Gasteiger partial charge in [-0.3, -0.25) is 4.79 Å². The van der Waals surface area contributed by atoms with Crippen molar-refractivity contribution < 1.29 is 4.79 Å². The molecule has 2 aliphatic rings. The van der Waals surface area contributed by atoms with Crippen molar-refractivity contribution >= 4 is 17.7 Å². The van der Waals surface area contributed by atoms with Crippen LogP contribution in [-0.4, -0.2) is 41.6 Å². The van der Waals surface area contributed by atoms with E-state index in [-0.39, 0.29) is 6.04 Å². The third-order valence-corrected chi connectivity index (χ3v) is 3.98. The van der Waals surface area contributed by atoms with Crippen LogP contribution in [0.4, 0.5) is 0 Å². The number of carbonyl (C=O) groups excluding carboxylic acids is 1. The second kappa shape index (κ2) is 3.26. The van der Waals surface area contributed by atoms with Crippen LogP contribution in [0.5, 0.6) is 0 Å². The fourth-order valence-electron chi connectivity index (χ4n) is 1.85. The first kappa shape index (κ1) is 8.38. The second-order valence-corrected chi connectivity index (χ2v) is 4.51. The summed E-state index contributed by atoms with van der Waals surface area (Å²) in [6.45, 7) is 0.967. The van der Waals surface area contributed by atoms with Gasteiger partial charge >= 0.3 is 0 Å². The van der Waals surface area contributed by atoms with E-state index >= 15 is 0 Å². The zero-order chi connectivity index (χ0) is 8.55. The number of rotatable bonds is 1. The lowest BCUT2D eigenvalue weighted by Gasteiger charge is -2.33.